The summed E-state index contributed by atoms with van der Waals surface area (Å²) in [5, 5.41) is 2.07. The van der Waals surface area contributed by atoms with Crippen molar-refractivity contribution in [3.63, 3.8) is 0 Å². The van der Waals surface area contributed by atoms with Gasteiger partial charge < -0.3 is 9.64 Å². The zero-order valence-electron chi connectivity index (χ0n) is 11.4. The highest BCUT2D eigenvalue weighted by Gasteiger charge is 2.42. The largest absolute Gasteiger partial charge is 0.376 e. The number of amides is 1. The van der Waals surface area contributed by atoms with E-state index in [-0.39, 0.29) is 12.0 Å². The van der Waals surface area contributed by atoms with Crippen LogP contribution in [0.5, 0.6) is 0 Å². The minimum Gasteiger partial charge on any atom is -0.376 e. The molecule has 1 aromatic rings. The first kappa shape index (κ1) is 13.1. The minimum atomic E-state index is 0.248. The first-order chi connectivity index (χ1) is 9.24. The number of hydrogen-bond donors (Lipinski definition) is 0. The van der Waals surface area contributed by atoms with Crippen LogP contribution in [0.25, 0.3) is 0 Å². The standard InChI is InChI=1S/C15H21NO2S/c1-11-8-14(11)15(17)16(9-12-4-2-6-18-12)10-13-5-3-7-19-13/h3,5,7,11-12,14H,2,4,6,8-10H2,1H3. The quantitative estimate of drug-likeness (QED) is 0.829. The molecule has 0 spiro atoms. The predicted molar refractivity (Wildman–Crippen MR) is 76.0 cm³/mol. The van der Waals surface area contributed by atoms with E-state index in [9.17, 15) is 4.79 Å². The molecule has 1 aliphatic heterocycles. The molecule has 1 aliphatic carbocycles. The number of rotatable bonds is 5. The van der Waals surface area contributed by atoms with Gasteiger partial charge in [0, 0.05) is 23.9 Å². The van der Waals surface area contributed by atoms with Crippen LogP contribution in [0.1, 0.15) is 31.1 Å². The lowest BCUT2D eigenvalue weighted by molar-refractivity contribution is -0.135. The van der Waals surface area contributed by atoms with Gasteiger partial charge in [0.05, 0.1) is 12.6 Å². The Bertz CT molecular complexity index is 425. The molecule has 2 aliphatic rings. The van der Waals surface area contributed by atoms with Gasteiger partial charge in [-0.05, 0) is 36.6 Å². The molecule has 3 rings (SSSR count). The molecular formula is C15H21NO2S. The fraction of sp³-hybridized carbons (Fsp3) is 0.667. The van der Waals surface area contributed by atoms with Crippen LogP contribution < -0.4 is 0 Å². The van der Waals surface area contributed by atoms with Gasteiger partial charge in [0.1, 0.15) is 0 Å². The lowest BCUT2D eigenvalue weighted by Crippen LogP contribution is -2.37. The third-order valence-electron chi connectivity index (χ3n) is 4.11. The van der Waals surface area contributed by atoms with Gasteiger partial charge in [0.25, 0.3) is 0 Å². The number of nitrogens with zero attached hydrogens (tertiary/aromatic N) is 1. The van der Waals surface area contributed by atoms with Gasteiger partial charge in [0.15, 0.2) is 0 Å². The van der Waals surface area contributed by atoms with Crippen LogP contribution in [-0.2, 0) is 16.1 Å². The molecule has 2 heterocycles. The highest BCUT2D eigenvalue weighted by molar-refractivity contribution is 7.09. The van der Waals surface area contributed by atoms with Crippen LogP contribution in [0.4, 0.5) is 0 Å². The van der Waals surface area contributed by atoms with E-state index in [1.807, 2.05) is 4.90 Å². The molecule has 0 radical (unpaired) electrons. The SMILES string of the molecule is CC1CC1C(=O)N(Cc1cccs1)CC1CCCO1. The number of ether oxygens (including phenoxy) is 1. The summed E-state index contributed by atoms with van der Waals surface area (Å²) in [6, 6.07) is 4.16. The van der Waals surface area contributed by atoms with E-state index >= 15 is 0 Å². The van der Waals surface area contributed by atoms with E-state index in [4.69, 9.17) is 4.74 Å². The van der Waals surface area contributed by atoms with Crippen molar-refractivity contribution < 1.29 is 9.53 Å². The monoisotopic (exact) mass is 279 g/mol. The topological polar surface area (TPSA) is 29.5 Å². The Balaban J connectivity index is 1.65. The zero-order chi connectivity index (χ0) is 13.2. The average Bonchev–Trinajstić information content (AvgIpc) is 2.88. The van der Waals surface area contributed by atoms with Crippen molar-refractivity contribution in [2.75, 3.05) is 13.2 Å². The maximum absolute atomic E-state index is 12.5. The van der Waals surface area contributed by atoms with Crippen molar-refractivity contribution in [3.05, 3.63) is 22.4 Å². The summed E-state index contributed by atoms with van der Waals surface area (Å²) >= 11 is 1.72. The molecule has 19 heavy (non-hydrogen) atoms. The van der Waals surface area contributed by atoms with Crippen molar-refractivity contribution in [2.24, 2.45) is 11.8 Å². The molecule has 3 nitrogen and oxygen atoms in total. The minimum absolute atomic E-state index is 0.248. The van der Waals surface area contributed by atoms with Crippen LogP contribution in [0, 0.1) is 11.8 Å². The van der Waals surface area contributed by atoms with E-state index in [1.165, 1.54) is 4.88 Å². The van der Waals surface area contributed by atoms with Gasteiger partial charge in [-0.25, -0.2) is 0 Å². The summed E-state index contributed by atoms with van der Waals surface area (Å²) in [7, 11) is 0. The molecule has 0 aromatic carbocycles. The maximum Gasteiger partial charge on any atom is 0.226 e. The highest BCUT2D eigenvalue weighted by atomic mass is 32.1. The number of carbonyl (C=O) groups excluding carboxylic acids is 1. The molecule has 2 fully saturated rings. The normalized spacial score (nSPS) is 29.4. The van der Waals surface area contributed by atoms with Gasteiger partial charge in [0.2, 0.25) is 5.91 Å². The molecule has 104 valence electrons. The summed E-state index contributed by atoms with van der Waals surface area (Å²) < 4.78 is 5.69. The third kappa shape index (κ3) is 3.18. The third-order valence-corrected chi connectivity index (χ3v) is 4.97. The molecular weight excluding hydrogens is 258 g/mol. The fourth-order valence-electron chi connectivity index (χ4n) is 2.76. The second kappa shape index (κ2) is 5.63. The highest BCUT2D eigenvalue weighted by Crippen LogP contribution is 2.39. The van der Waals surface area contributed by atoms with Crippen molar-refractivity contribution in [1.82, 2.24) is 4.90 Å². The van der Waals surface area contributed by atoms with Crippen molar-refractivity contribution in [3.8, 4) is 0 Å². The second-order valence-electron chi connectivity index (χ2n) is 5.75. The lowest BCUT2D eigenvalue weighted by atomic mass is 10.2. The molecule has 3 unspecified atom stereocenters. The predicted octanol–water partition coefficient (Wildman–Crippen LogP) is 2.91. The Morgan fingerprint density at radius 3 is 3.00 bits per heavy atom. The second-order valence-corrected chi connectivity index (χ2v) is 6.78. The molecule has 3 atom stereocenters. The maximum atomic E-state index is 12.5. The van der Waals surface area contributed by atoms with Gasteiger partial charge in [-0.1, -0.05) is 13.0 Å². The van der Waals surface area contributed by atoms with E-state index in [0.29, 0.717) is 11.8 Å². The average molecular weight is 279 g/mol. The van der Waals surface area contributed by atoms with Crippen LogP contribution in [0.2, 0.25) is 0 Å². The summed E-state index contributed by atoms with van der Waals surface area (Å²) in [6.45, 7) is 4.53. The number of thiophene rings is 1. The summed E-state index contributed by atoms with van der Waals surface area (Å²) in [5.74, 6) is 1.17. The number of hydrogen-bond acceptors (Lipinski definition) is 3. The summed E-state index contributed by atoms with van der Waals surface area (Å²) in [6.07, 6.45) is 3.53. The Hall–Kier alpha value is -0.870. The first-order valence-corrected chi connectivity index (χ1v) is 8.05. The molecule has 1 saturated carbocycles. The molecule has 1 amide bonds. The molecule has 0 N–H and O–H groups in total. The molecule has 4 heteroatoms. The van der Waals surface area contributed by atoms with Crippen molar-refractivity contribution in [1.29, 1.82) is 0 Å². The van der Waals surface area contributed by atoms with E-state index in [2.05, 4.69) is 24.4 Å². The van der Waals surface area contributed by atoms with Crippen LogP contribution in [-0.4, -0.2) is 30.1 Å². The van der Waals surface area contributed by atoms with Crippen LogP contribution >= 0.6 is 11.3 Å². The van der Waals surface area contributed by atoms with Gasteiger partial charge >= 0.3 is 0 Å². The molecule has 1 aromatic heterocycles. The number of carbonyl (C=O) groups is 1. The van der Waals surface area contributed by atoms with E-state index in [1.54, 1.807) is 11.3 Å². The first-order valence-electron chi connectivity index (χ1n) is 7.17. The zero-order valence-corrected chi connectivity index (χ0v) is 12.2. The van der Waals surface area contributed by atoms with Gasteiger partial charge in [-0.3, -0.25) is 4.79 Å². The van der Waals surface area contributed by atoms with E-state index < -0.39 is 0 Å². The Morgan fingerprint density at radius 2 is 2.42 bits per heavy atom. The Morgan fingerprint density at radius 1 is 1.58 bits per heavy atom. The van der Waals surface area contributed by atoms with Gasteiger partial charge in [-0.15, -0.1) is 11.3 Å². The smallest absolute Gasteiger partial charge is 0.226 e. The van der Waals surface area contributed by atoms with Gasteiger partial charge in [-0.2, -0.15) is 0 Å². The van der Waals surface area contributed by atoms with Crippen LogP contribution in [0.3, 0.4) is 0 Å². The van der Waals surface area contributed by atoms with Crippen LogP contribution in [0.15, 0.2) is 17.5 Å². The Kier molecular flexibility index (Phi) is 3.89. The molecule has 1 saturated heterocycles. The Labute approximate surface area is 118 Å². The van der Waals surface area contributed by atoms with Crippen molar-refractivity contribution >= 4 is 17.2 Å². The fourth-order valence-corrected chi connectivity index (χ4v) is 3.48. The summed E-state index contributed by atoms with van der Waals surface area (Å²) in [5.41, 5.74) is 0. The van der Waals surface area contributed by atoms with Crippen molar-refractivity contribution in [2.45, 2.75) is 38.8 Å². The lowest BCUT2D eigenvalue weighted by Gasteiger charge is -2.25. The van der Waals surface area contributed by atoms with E-state index in [0.717, 1.165) is 39.0 Å². The summed E-state index contributed by atoms with van der Waals surface area (Å²) in [4.78, 5) is 15.8. The molecule has 0 bridgehead atoms.